The Morgan fingerprint density at radius 3 is 2.65 bits per heavy atom. The van der Waals surface area contributed by atoms with E-state index >= 15 is 0 Å². The van der Waals surface area contributed by atoms with E-state index in [9.17, 15) is 8.42 Å². The van der Waals surface area contributed by atoms with E-state index in [1.807, 2.05) is 0 Å². The van der Waals surface area contributed by atoms with E-state index in [0.29, 0.717) is 35.3 Å². The zero-order chi connectivity index (χ0) is 12.5. The average Bonchev–Trinajstić information content (AvgIpc) is 2.46. The molecule has 1 heterocycles. The Hall–Kier alpha value is -0.650. The summed E-state index contributed by atoms with van der Waals surface area (Å²) in [5.74, 6) is 0.501. The van der Waals surface area contributed by atoms with Gasteiger partial charge in [-0.15, -0.1) is 0 Å². The van der Waals surface area contributed by atoms with Crippen LogP contribution in [0.4, 0.5) is 0 Å². The number of benzene rings is 1. The second-order valence-electron chi connectivity index (χ2n) is 3.59. The fourth-order valence-electron chi connectivity index (χ4n) is 1.58. The number of rotatable bonds is 2. The van der Waals surface area contributed by atoms with Crippen LogP contribution in [-0.2, 0) is 14.8 Å². The van der Waals surface area contributed by atoms with Crippen molar-refractivity contribution < 1.29 is 17.9 Å². The van der Waals surface area contributed by atoms with Crippen molar-refractivity contribution in [1.82, 2.24) is 0 Å². The van der Waals surface area contributed by atoms with Gasteiger partial charge in [0, 0.05) is 27.7 Å². The minimum absolute atomic E-state index is 0.304. The Balaban J connectivity index is 2.49. The van der Waals surface area contributed by atoms with Crippen molar-refractivity contribution in [2.24, 2.45) is 0 Å². The van der Waals surface area contributed by atoms with Crippen LogP contribution in [0, 0.1) is 0 Å². The highest BCUT2D eigenvalue weighted by Gasteiger charge is 2.21. The van der Waals surface area contributed by atoms with Gasteiger partial charge >= 0.3 is 0 Å². The maximum Gasteiger partial charge on any atom is 0.236 e. The Morgan fingerprint density at radius 1 is 1.24 bits per heavy atom. The fourth-order valence-corrected chi connectivity index (χ4v) is 2.83. The lowest BCUT2D eigenvalue weighted by Crippen LogP contribution is -2.02. The van der Waals surface area contributed by atoms with Gasteiger partial charge in [-0.25, -0.2) is 8.42 Å². The molecule has 4 nitrogen and oxygen atoms in total. The van der Waals surface area contributed by atoms with Crippen LogP contribution in [-0.4, -0.2) is 21.6 Å². The van der Waals surface area contributed by atoms with Crippen LogP contribution in [0.15, 0.2) is 12.1 Å². The molecule has 17 heavy (non-hydrogen) atoms. The molecule has 0 atom stereocenters. The monoisotopic (exact) mass is 296 g/mol. The lowest BCUT2D eigenvalue weighted by Gasteiger charge is -2.12. The molecule has 0 amide bonds. The van der Waals surface area contributed by atoms with E-state index in [1.54, 1.807) is 12.1 Å². The molecule has 0 saturated carbocycles. The molecule has 1 aromatic carbocycles. The number of ether oxygens (including phenoxy) is 2. The highest BCUT2D eigenvalue weighted by atomic mass is 35.7. The summed E-state index contributed by atoms with van der Waals surface area (Å²) in [5.41, 5.74) is 0.348. The van der Waals surface area contributed by atoms with Gasteiger partial charge in [0.2, 0.25) is 9.05 Å². The van der Waals surface area contributed by atoms with Gasteiger partial charge in [-0.2, -0.15) is 0 Å². The van der Waals surface area contributed by atoms with Crippen LogP contribution >= 0.6 is 22.3 Å². The lowest BCUT2D eigenvalue weighted by molar-refractivity contribution is 0.296. The summed E-state index contributed by atoms with van der Waals surface area (Å²) >= 11 is 5.96. The lowest BCUT2D eigenvalue weighted by atomic mass is 10.2. The second kappa shape index (κ2) is 4.92. The molecule has 1 aliphatic rings. The molecule has 0 fully saturated rings. The molecule has 0 unspecified atom stereocenters. The van der Waals surface area contributed by atoms with Crippen LogP contribution in [0.1, 0.15) is 12.0 Å². The molecule has 0 bridgehead atoms. The van der Waals surface area contributed by atoms with Crippen molar-refractivity contribution in [3.63, 3.8) is 0 Å². The van der Waals surface area contributed by atoms with Gasteiger partial charge in [-0.05, 0) is 12.1 Å². The van der Waals surface area contributed by atoms with E-state index in [1.165, 1.54) is 0 Å². The van der Waals surface area contributed by atoms with Gasteiger partial charge < -0.3 is 9.47 Å². The largest absolute Gasteiger partial charge is 0.490 e. The zero-order valence-electron chi connectivity index (χ0n) is 8.78. The molecule has 0 N–H and O–H groups in total. The number of hydrogen-bond donors (Lipinski definition) is 0. The first-order valence-electron chi connectivity index (χ1n) is 4.97. The van der Waals surface area contributed by atoms with Crippen molar-refractivity contribution in [2.45, 2.75) is 12.2 Å². The van der Waals surface area contributed by atoms with Crippen LogP contribution in [0.25, 0.3) is 0 Å². The Labute approximate surface area is 109 Å². The van der Waals surface area contributed by atoms with Crippen molar-refractivity contribution in [3.05, 3.63) is 22.7 Å². The summed E-state index contributed by atoms with van der Waals surface area (Å²) in [6, 6.07) is 3.24. The molecule has 0 aromatic heterocycles. The Kier molecular flexibility index (Phi) is 3.70. The summed E-state index contributed by atoms with van der Waals surface area (Å²) in [5, 5.41) is 0.304. The molecular formula is C10H10Cl2O4S. The summed E-state index contributed by atoms with van der Waals surface area (Å²) in [6.45, 7) is 0.990. The third kappa shape index (κ3) is 3.18. The number of halogens is 2. The maximum atomic E-state index is 11.1. The first kappa shape index (κ1) is 12.8. The highest BCUT2D eigenvalue weighted by Crippen LogP contribution is 2.38. The minimum atomic E-state index is -3.69. The van der Waals surface area contributed by atoms with Crippen LogP contribution in [0.5, 0.6) is 11.5 Å². The van der Waals surface area contributed by atoms with Crippen molar-refractivity contribution in [2.75, 3.05) is 13.2 Å². The van der Waals surface area contributed by atoms with E-state index in [0.717, 1.165) is 6.42 Å². The molecular weight excluding hydrogens is 287 g/mol. The molecule has 7 heteroatoms. The van der Waals surface area contributed by atoms with Gasteiger partial charge in [0.1, 0.15) is 0 Å². The third-order valence-corrected chi connectivity index (χ3v) is 3.59. The van der Waals surface area contributed by atoms with Gasteiger partial charge in [-0.3, -0.25) is 0 Å². The summed E-state index contributed by atoms with van der Waals surface area (Å²) in [6.07, 6.45) is 0.735. The Morgan fingerprint density at radius 2 is 1.94 bits per heavy atom. The van der Waals surface area contributed by atoms with Crippen LogP contribution in [0.2, 0.25) is 5.02 Å². The maximum absolute atomic E-state index is 11.1. The highest BCUT2D eigenvalue weighted by molar-refractivity contribution is 8.13. The molecule has 0 saturated heterocycles. The van der Waals surface area contributed by atoms with Gasteiger partial charge in [-0.1, -0.05) is 11.6 Å². The molecule has 0 radical (unpaired) electrons. The van der Waals surface area contributed by atoms with Crippen molar-refractivity contribution in [1.29, 1.82) is 0 Å². The summed E-state index contributed by atoms with van der Waals surface area (Å²) in [7, 11) is 1.55. The second-order valence-corrected chi connectivity index (χ2v) is 6.77. The van der Waals surface area contributed by atoms with Crippen LogP contribution in [0.3, 0.4) is 0 Å². The third-order valence-electron chi connectivity index (χ3n) is 2.28. The van der Waals surface area contributed by atoms with Gasteiger partial charge in [0.05, 0.1) is 19.0 Å². The molecule has 0 aliphatic carbocycles. The first-order chi connectivity index (χ1) is 7.97. The molecule has 94 valence electrons. The minimum Gasteiger partial charge on any atom is -0.490 e. The van der Waals surface area contributed by atoms with Crippen molar-refractivity contribution in [3.8, 4) is 11.5 Å². The quantitative estimate of drug-likeness (QED) is 0.787. The van der Waals surface area contributed by atoms with Crippen LogP contribution < -0.4 is 9.47 Å². The van der Waals surface area contributed by atoms with E-state index in [-0.39, 0.29) is 5.75 Å². The smallest absolute Gasteiger partial charge is 0.236 e. The Bertz CT molecular complexity index is 527. The SMILES string of the molecule is O=S(=O)(Cl)Cc1c(Cl)ccc2c1OCCCO2. The summed E-state index contributed by atoms with van der Waals surface area (Å²) < 4.78 is 33.2. The van der Waals surface area contributed by atoms with E-state index in [2.05, 4.69) is 0 Å². The topological polar surface area (TPSA) is 52.6 Å². The molecule has 0 spiro atoms. The van der Waals surface area contributed by atoms with Gasteiger partial charge in [0.25, 0.3) is 0 Å². The predicted octanol–water partition coefficient (Wildman–Crippen LogP) is 2.57. The molecule has 1 aliphatic heterocycles. The molecule has 2 rings (SSSR count). The zero-order valence-corrected chi connectivity index (χ0v) is 11.1. The van der Waals surface area contributed by atoms with E-state index < -0.39 is 9.05 Å². The average molecular weight is 297 g/mol. The molecule has 1 aromatic rings. The fraction of sp³-hybridized carbons (Fsp3) is 0.400. The van der Waals surface area contributed by atoms with Gasteiger partial charge in [0.15, 0.2) is 11.5 Å². The standard InChI is InChI=1S/C10H10Cl2O4S/c11-8-2-3-9-10(16-5-1-4-15-9)7(8)6-17(12,13)14/h2-3H,1,4-6H2. The van der Waals surface area contributed by atoms with E-state index in [4.69, 9.17) is 31.8 Å². The number of fused-ring (bicyclic) bond motifs is 1. The number of hydrogen-bond acceptors (Lipinski definition) is 4. The summed E-state index contributed by atoms with van der Waals surface area (Å²) in [4.78, 5) is 0. The predicted molar refractivity (Wildman–Crippen MR) is 65.5 cm³/mol. The van der Waals surface area contributed by atoms with Crippen molar-refractivity contribution >= 4 is 31.3 Å². The normalized spacial score (nSPS) is 15.4. The first-order valence-corrected chi connectivity index (χ1v) is 7.82.